The van der Waals surface area contributed by atoms with Crippen molar-refractivity contribution in [1.82, 2.24) is 10.6 Å². The number of nitrogens with one attached hydrogen (secondary N) is 2. The Kier molecular flexibility index (Phi) is 7.42. The van der Waals surface area contributed by atoms with Gasteiger partial charge in [-0.25, -0.2) is 0 Å². The third kappa shape index (κ3) is 5.34. The molecule has 0 aliphatic rings. The van der Waals surface area contributed by atoms with E-state index in [2.05, 4.69) is 36.6 Å². The fourth-order valence-corrected chi connectivity index (χ4v) is 2.67. The van der Waals surface area contributed by atoms with Crippen LogP contribution in [0.3, 0.4) is 0 Å². The molecule has 0 heterocycles. The standard InChI is InChI=1S/C19H30N2O3/c1-7-10-19(5,18(23)24-6)20-12-17(22)21-15(4)16-9-8-13(2)14(3)11-16/h8-9,11,15,20H,7,10,12H2,1-6H3,(H,21,22)/t15-,19+/m0/s1. The minimum atomic E-state index is -0.843. The number of ether oxygens (including phenoxy) is 1. The number of benzene rings is 1. The molecule has 1 aromatic rings. The molecule has 0 aromatic heterocycles. The number of esters is 1. The van der Waals surface area contributed by atoms with Crippen LogP contribution < -0.4 is 10.6 Å². The van der Waals surface area contributed by atoms with Crippen molar-refractivity contribution in [3.63, 3.8) is 0 Å². The molecule has 5 heteroatoms. The quantitative estimate of drug-likeness (QED) is 0.718. The summed E-state index contributed by atoms with van der Waals surface area (Å²) in [5, 5.41) is 6.00. The van der Waals surface area contributed by atoms with E-state index in [0.29, 0.717) is 6.42 Å². The normalized spacial score (nSPS) is 14.6. The number of carbonyl (C=O) groups excluding carboxylic acids is 2. The van der Waals surface area contributed by atoms with Crippen LogP contribution in [0, 0.1) is 13.8 Å². The Morgan fingerprint density at radius 3 is 2.46 bits per heavy atom. The fourth-order valence-electron chi connectivity index (χ4n) is 2.67. The van der Waals surface area contributed by atoms with E-state index in [1.54, 1.807) is 6.92 Å². The SMILES string of the molecule is CCC[C@@](C)(NCC(=O)N[C@@H](C)c1ccc(C)c(C)c1)C(=O)OC. The Bertz CT molecular complexity index is 586. The number of amides is 1. The summed E-state index contributed by atoms with van der Waals surface area (Å²) < 4.78 is 4.84. The van der Waals surface area contributed by atoms with Gasteiger partial charge in [0.1, 0.15) is 5.54 Å². The van der Waals surface area contributed by atoms with Crippen molar-refractivity contribution in [3.05, 3.63) is 34.9 Å². The number of rotatable bonds is 8. The van der Waals surface area contributed by atoms with Gasteiger partial charge in [0.15, 0.2) is 0 Å². The summed E-state index contributed by atoms with van der Waals surface area (Å²) in [6.45, 7) is 9.90. The molecule has 0 saturated carbocycles. The van der Waals surface area contributed by atoms with E-state index < -0.39 is 5.54 Å². The highest BCUT2D eigenvalue weighted by Gasteiger charge is 2.33. The second-order valence-electron chi connectivity index (χ2n) is 6.56. The van der Waals surface area contributed by atoms with E-state index >= 15 is 0 Å². The molecule has 2 N–H and O–H groups in total. The minimum Gasteiger partial charge on any atom is -0.468 e. The molecule has 1 rings (SSSR count). The first-order chi connectivity index (χ1) is 11.2. The maximum atomic E-state index is 12.2. The smallest absolute Gasteiger partial charge is 0.325 e. The molecule has 5 nitrogen and oxygen atoms in total. The molecule has 1 aromatic carbocycles. The molecule has 134 valence electrons. The van der Waals surface area contributed by atoms with Gasteiger partial charge in [0.2, 0.25) is 5.91 Å². The van der Waals surface area contributed by atoms with Gasteiger partial charge in [-0.15, -0.1) is 0 Å². The second-order valence-corrected chi connectivity index (χ2v) is 6.56. The monoisotopic (exact) mass is 334 g/mol. The predicted octanol–water partition coefficient (Wildman–Crippen LogP) is 2.80. The number of methoxy groups -OCH3 is 1. The highest BCUT2D eigenvalue weighted by Crippen LogP contribution is 2.17. The molecule has 0 aliphatic carbocycles. The molecule has 0 fully saturated rings. The Morgan fingerprint density at radius 1 is 1.25 bits per heavy atom. The zero-order valence-electron chi connectivity index (χ0n) is 15.7. The molecule has 0 aliphatic heterocycles. The molecule has 24 heavy (non-hydrogen) atoms. The molecular formula is C19H30N2O3. The first-order valence-corrected chi connectivity index (χ1v) is 8.43. The fraction of sp³-hybridized carbons (Fsp3) is 0.579. The van der Waals surface area contributed by atoms with Gasteiger partial charge in [-0.3, -0.25) is 14.9 Å². The summed E-state index contributed by atoms with van der Waals surface area (Å²) in [7, 11) is 1.36. The Labute approximate surface area is 145 Å². The molecular weight excluding hydrogens is 304 g/mol. The van der Waals surface area contributed by atoms with Gasteiger partial charge >= 0.3 is 5.97 Å². The molecule has 0 spiro atoms. The van der Waals surface area contributed by atoms with E-state index in [1.165, 1.54) is 18.2 Å². The lowest BCUT2D eigenvalue weighted by Crippen LogP contribution is -2.53. The Morgan fingerprint density at radius 2 is 1.92 bits per heavy atom. The highest BCUT2D eigenvalue weighted by atomic mass is 16.5. The van der Waals surface area contributed by atoms with Gasteiger partial charge in [0, 0.05) is 0 Å². The van der Waals surface area contributed by atoms with Crippen LogP contribution in [-0.4, -0.2) is 31.1 Å². The summed E-state index contributed by atoms with van der Waals surface area (Å²) in [5.74, 6) is -0.494. The number of hydrogen-bond donors (Lipinski definition) is 2. The third-order valence-corrected chi connectivity index (χ3v) is 4.43. The lowest BCUT2D eigenvalue weighted by molar-refractivity contribution is -0.148. The molecule has 0 radical (unpaired) electrons. The lowest BCUT2D eigenvalue weighted by atomic mass is 9.96. The van der Waals surface area contributed by atoms with Crippen molar-refractivity contribution in [2.75, 3.05) is 13.7 Å². The maximum absolute atomic E-state index is 12.2. The van der Waals surface area contributed by atoms with Crippen LogP contribution >= 0.6 is 0 Å². The van der Waals surface area contributed by atoms with Gasteiger partial charge in [-0.2, -0.15) is 0 Å². The van der Waals surface area contributed by atoms with Crippen molar-refractivity contribution < 1.29 is 14.3 Å². The van der Waals surface area contributed by atoms with Gasteiger partial charge in [0.25, 0.3) is 0 Å². The average molecular weight is 334 g/mol. The summed E-state index contributed by atoms with van der Waals surface area (Å²) >= 11 is 0. The van der Waals surface area contributed by atoms with E-state index in [9.17, 15) is 9.59 Å². The van der Waals surface area contributed by atoms with Gasteiger partial charge in [-0.05, 0) is 50.8 Å². The zero-order valence-corrected chi connectivity index (χ0v) is 15.7. The highest BCUT2D eigenvalue weighted by molar-refractivity contribution is 5.83. The summed E-state index contributed by atoms with van der Waals surface area (Å²) in [4.78, 5) is 24.1. The van der Waals surface area contributed by atoms with Gasteiger partial charge < -0.3 is 10.1 Å². The first kappa shape index (κ1) is 20.2. The van der Waals surface area contributed by atoms with Gasteiger partial charge in [-0.1, -0.05) is 31.5 Å². The van der Waals surface area contributed by atoms with Crippen molar-refractivity contribution in [2.45, 2.75) is 59.0 Å². The van der Waals surface area contributed by atoms with Crippen molar-refractivity contribution in [3.8, 4) is 0 Å². The zero-order chi connectivity index (χ0) is 18.3. The van der Waals surface area contributed by atoms with Crippen LogP contribution in [-0.2, 0) is 14.3 Å². The summed E-state index contributed by atoms with van der Waals surface area (Å²) in [5.41, 5.74) is 2.65. The van der Waals surface area contributed by atoms with E-state index in [-0.39, 0.29) is 24.5 Å². The second kappa shape index (κ2) is 8.83. The van der Waals surface area contributed by atoms with Crippen LogP contribution in [0.15, 0.2) is 18.2 Å². The largest absolute Gasteiger partial charge is 0.468 e. The van der Waals surface area contributed by atoms with Crippen molar-refractivity contribution >= 4 is 11.9 Å². The Hall–Kier alpha value is -1.88. The van der Waals surface area contributed by atoms with Crippen LogP contribution in [0.4, 0.5) is 0 Å². The predicted molar refractivity (Wildman–Crippen MR) is 95.8 cm³/mol. The molecule has 0 saturated heterocycles. The van der Waals surface area contributed by atoms with Crippen molar-refractivity contribution in [2.24, 2.45) is 0 Å². The van der Waals surface area contributed by atoms with Crippen molar-refractivity contribution in [1.29, 1.82) is 0 Å². The number of aryl methyl sites for hydroxylation is 2. The molecule has 0 unspecified atom stereocenters. The number of carbonyl (C=O) groups is 2. The summed E-state index contributed by atoms with van der Waals surface area (Å²) in [6.07, 6.45) is 1.43. The maximum Gasteiger partial charge on any atom is 0.325 e. The summed E-state index contributed by atoms with van der Waals surface area (Å²) in [6, 6.07) is 6.08. The topological polar surface area (TPSA) is 67.4 Å². The van der Waals surface area contributed by atoms with Crippen LogP contribution in [0.2, 0.25) is 0 Å². The molecule has 0 bridgehead atoms. The van der Waals surface area contributed by atoms with Crippen LogP contribution in [0.1, 0.15) is 56.3 Å². The minimum absolute atomic E-state index is 0.0702. The van der Waals surface area contributed by atoms with Crippen LogP contribution in [0.25, 0.3) is 0 Å². The van der Waals surface area contributed by atoms with E-state index in [1.807, 2.05) is 19.9 Å². The van der Waals surface area contributed by atoms with E-state index in [4.69, 9.17) is 4.74 Å². The number of hydrogen-bond acceptors (Lipinski definition) is 4. The average Bonchev–Trinajstić information content (AvgIpc) is 2.54. The third-order valence-electron chi connectivity index (χ3n) is 4.43. The van der Waals surface area contributed by atoms with E-state index in [0.717, 1.165) is 12.0 Å². The molecule has 2 atom stereocenters. The first-order valence-electron chi connectivity index (χ1n) is 8.43. The Balaban J connectivity index is 2.64. The lowest BCUT2D eigenvalue weighted by Gasteiger charge is -2.27. The van der Waals surface area contributed by atoms with Crippen LogP contribution in [0.5, 0.6) is 0 Å². The molecule has 1 amide bonds. The van der Waals surface area contributed by atoms with Gasteiger partial charge in [0.05, 0.1) is 19.7 Å².